The van der Waals surface area contributed by atoms with Gasteiger partial charge < -0.3 is 15.0 Å². The van der Waals surface area contributed by atoms with E-state index in [1.807, 2.05) is 12.3 Å². The minimum atomic E-state index is -0.411. The lowest BCUT2D eigenvalue weighted by atomic mass is 10.3. The largest absolute Gasteiger partial charge is 0.462 e. The number of anilines is 2. The van der Waals surface area contributed by atoms with E-state index in [1.165, 1.54) is 12.8 Å². The number of nitrogens with zero attached hydrogens (tertiary/aromatic N) is 4. The fraction of sp³-hybridized carbons (Fsp3) is 0.350. The number of esters is 1. The number of nitrogens with one attached hydrogen (secondary N) is 1. The van der Waals surface area contributed by atoms with Crippen LogP contribution in [-0.2, 0) is 4.74 Å². The van der Waals surface area contributed by atoms with E-state index in [-0.39, 0.29) is 0 Å². The summed E-state index contributed by atoms with van der Waals surface area (Å²) in [6.45, 7) is 4.12. The summed E-state index contributed by atoms with van der Waals surface area (Å²) in [5.74, 6) is 0.147. The molecule has 0 atom stereocenters. The van der Waals surface area contributed by atoms with E-state index in [1.54, 1.807) is 18.5 Å². The molecule has 4 rings (SSSR count). The monoisotopic (exact) mass is 403 g/mol. The van der Waals surface area contributed by atoms with Gasteiger partial charge in [0.05, 0.1) is 6.61 Å². The van der Waals surface area contributed by atoms with Crippen molar-refractivity contribution in [2.45, 2.75) is 19.8 Å². The molecule has 1 aliphatic heterocycles. The first kappa shape index (κ1) is 20.5. The minimum absolute atomic E-state index is 0.325. The number of hydrogen-bond acceptors (Lipinski definition) is 6. The van der Waals surface area contributed by atoms with E-state index in [4.69, 9.17) is 4.74 Å². The number of hydrogen-bond donors (Lipinski definition) is 1. The molecular weight excluding hydrogens is 380 g/mol. The third kappa shape index (κ3) is 4.79. The Balaban J connectivity index is 0.000000252. The van der Waals surface area contributed by atoms with Crippen LogP contribution in [0.25, 0.3) is 5.65 Å². The summed E-state index contributed by atoms with van der Waals surface area (Å²) < 4.78 is 30.6. The summed E-state index contributed by atoms with van der Waals surface area (Å²) in [6.07, 6.45) is 4.19. The van der Waals surface area contributed by atoms with E-state index < -0.39 is 17.6 Å². The minimum Gasteiger partial charge on any atom is -0.462 e. The van der Waals surface area contributed by atoms with Crippen molar-refractivity contribution in [1.82, 2.24) is 14.6 Å². The lowest BCUT2D eigenvalue weighted by Crippen LogP contribution is -2.19. The Labute approximate surface area is 167 Å². The molecule has 1 fully saturated rings. The summed E-state index contributed by atoms with van der Waals surface area (Å²) in [5, 5.41) is 7.25. The predicted octanol–water partition coefficient (Wildman–Crippen LogP) is 3.51. The van der Waals surface area contributed by atoms with E-state index in [0.717, 1.165) is 43.2 Å². The first-order valence-corrected chi connectivity index (χ1v) is 9.43. The van der Waals surface area contributed by atoms with Gasteiger partial charge in [-0.05, 0) is 50.1 Å². The van der Waals surface area contributed by atoms with Crippen LogP contribution in [-0.4, -0.2) is 47.3 Å². The average molecular weight is 403 g/mol. The second kappa shape index (κ2) is 9.31. The van der Waals surface area contributed by atoms with Gasteiger partial charge in [-0.3, -0.25) is 0 Å². The van der Waals surface area contributed by atoms with Crippen LogP contribution in [0.1, 0.15) is 30.1 Å². The third-order valence-electron chi connectivity index (χ3n) is 4.42. The Kier molecular flexibility index (Phi) is 6.58. The summed E-state index contributed by atoms with van der Waals surface area (Å²) >= 11 is 0. The van der Waals surface area contributed by atoms with E-state index >= 15 is 0 Å². The molecule has 154 valence electrons. The molecule has 1 saturated heterocycles. The second-order valence-corrected chi connectivity index (χ2v) is 6.38. The Morgan fingerprint density at radius 3 is 2.31 bits per heavy atom. The van der Waals surface area contributed by atoms with Crippen LogP contribution >= 0.6 is 0 Å². The highest BCUT2D eigenvalue weighted by Crippen LogP contribution is 2.24. The number of carbonyl (C=O) groups excluding carboxylic acids is 1. The van der Waals surface area contributed by atoms with Gasteiger partial charge in [-0.25, -0.2) is 23.1 Å². The number of benzene rings is 1. The van der Waals surface area contributed by atoms with Crippen molar-refractivity contribution in [3.05, 3.63) is 53.7 Å². The number of halogens is 2. The Morgan fingerprint density at radius 1 is 1.14 bits per heavy atom. The van der Waals surface area contributed by atoms with Gasteiger partial charge in [0.1, 0.15) is 23.0 Å². The molecule has 7 nitrogen and oxygen atoms in total. The van der Waals surface area contributed by atoms with Crippen LogP contribution in [0.4, 0.5) is 20.4 Å². The third-order valence-corrected chi connectivity index (χ3v) is 4.42. The Bertz CT molecular complexity index is 948. The second-order valence-electron chi connectivity index (χ2n) is 6.38. The molecule has 3 aromatic rings. The first-order valence-electron chi connectivity index (χ1n) is 9.43. The predicted molar refractivity (Wildman–Crippen MR) is 106 cm³/mol. The van der Waals surface area contributed by atoms with Crippen LogP contribution in [0.15, 0.2) is 36.5 Å². The van der Waals surface area contributed by atoms with Crippen LogP contribution < -0.4 is 10.2 Å². The topological polar surface area (TPSA) is 71.8 Å². The molecular formula is C20H23F2N5O2. The number of ether oxygens (including phenoxy) is 1. The number of rotatable bonds is 4. The maximum atomic E-state index is 12.2. The van der Waals surface area contributed by atoms with Gasteiger partial charge in [-0.15, -0.1) is 5.10 Å². The van der Waals surface area contributed by atoms with Crippen molar-refractivity contribution in [1.29, 1.82) is 0 Å². The molecule has 1 aromatic carbocycles. The molecule has 29 heavy (non-hydrogen) atoms. The smallest absolute Gasteiger partial charge is 0.345 e. The molecule has 3 heterocycles. The normalized spacial score (nSPS) is 13.2. The Hall–Kier alpha value is -3.23. The van der Waals surface area contributed by atoms with E-state index in [2.05, 4.69) is 20.3 Å². The highest BCUT2D eigenvalue weighted by molar-refractivity contribution is 6.01. The van der Waals surface area contributed by atoms with Gasteiger partial charge in [0.2, 0.25) is 0 Å². The van der Waals surface area contributed by atoms with Crippen LogP contribution in [0, 0.1) is 11.6 Å². The summed E-state index contributed by atoms with van der Waals surface area (Å²) in [7, 11) is 1.73. The van der Waals surface area contributed by atoms with Gasteiger partial charge in [-0.1, -0.05) is 0 Å². The molecule has 0 bridgehead atoms. The molecule has 1 aliphatic rings. The lowest BCUT2D eigenvalue weighted by molar-refractivity contribution is 0.0529. The maximum absolute atomic E-state index is 12.2. The van der Waals surface area contributed by atoms with Crippen LogP contribution in [0.5, 0.6) is 0 Å². The zero-order valence-electron chi connectivity index (χ0n) is 16.4. The molecule has 0 aliphatic carbocycles. The van der Waals surface area contributed by atoms with Gasteiger partial charge in [-0.2, -0.15) is 0 Å². The quantitative estimate of drug-likeness (QED) is 0.672. The standard InChI is InChI=1S/C14H19N5O2.C6H4F2/c1-3-21-14(20)11-12(15-2)17-19-9-6-10(16-13(11)19)18-7-4-5-8-18;7-5-1-2-6(8)4-3-5/h6,9H,3-5,7-8H2,1-2H3,(H,15,17);1-4H. The molecule has 0 amide bonds. The lowest BCUT2D eigenvalue weighted by Gasteiger charge is -2.15. The highest BCUT2D eigenvalue weighted by Gasteiger charge is 2.23. The van der Waals surface area contributed by atoms with Crippen molar-refractivity contribution >= 4 is 23.3 Å². The van der Waals surface area contributed by atoms with Crippen molar-refractivity contribution in [3.8, 4) is 0 Å². The average Bonchev–Trinajstić information content (AvgIpc) is 3.38. The molecule has 0 spiro atoms. The van der Waals surface area contributed by atoms with Crippen molar-refractivity contribution < 1.29 is 18.3 Å². The van der Waals surface area contributed by atoms with Crippen molar-refractivity contribution in [2.24, 2.45) is 0 Å². The fourth-order valence-corrected chi connectivity index (χ4v) is 3.04. The van der Waals surface area contributed by atoms with Gasteiger partial charge >= 0.3 is 5.97 Å². The van der Waals surface area contributed by atoms with Crippen molar-refractivity contribution in [2.75, 3.05) is 37.0 Å². The molecule has 0 unspecified atom stereocenters. The molecule has 0 saturated carbocycles. The fourth-order valence-electron chi connectivity index (χ4n) is 3.04. The summed E-state index contributed by atoms with van der Waals surface area (Å²) in [4.78, 5) is 19.0. The summed E-state index contributed by atoms with van der Waals surface area (Å²) in [5.41, 5.74) is 0.919. The number of fused-ring (bicyclic) bond motifs is 1. The first-order chi connectivity index (χ1) is 14.0. The number of carbonyl (C=O) groups is 1. The van der Waals surface area contributed by atoms with Gasteiger partial charge in [0, 0.05) is 26.3 Å². The molecule has 2 aromatic heterocycles. The molecule has 9 heteroatoms. The van der Waals surface area contributed by atoms with Crippen LogP contribution in [0.3, 0.4) is 0 Å². The van der Waals surface area contributed by atoms with Gasteiger partial charge in [0.15, 0.2) is 11.5 Å². The van der Waals surface area contributed by atoms with Gasteiger partial charge in [0.25, 0.3) is 0 Å². The highest BCUT2D eigenvalue weighted by atomic mass is 19.1. The van der Waals surface area contributed by atoms with E-state index in [0.29, 0.717) is 23.6 Å². The number of aromatic nitrogens is 3. The van der Waals surface area contributed by atoms with Crippen LogP contribution in [0.2, 0.25) is 0 Å². The van der Waals surface area contributed by atoms with E-state index in [9.17, 15) is 13.6 Å². The molecule has 0 radical (unpaired) electrons. The maximum Gasteiger partial charge on any atom is 0.345 e. The van der Waals surface area contributed by atoms with Crippen molar-refractivity contribution in [3.63, 3.8) is 0 Å². The zero-order chi connectivity index (χ0) is 20.8. The SMILES string of the molecule is CCOC(=O)c1c(NC)nn2ccc(N3CCCC3)nc12.Fc1ccc(F)cc1. The zero-order valence-corrected chi connectivity index (χ0v) is 16.4. The Morgan fingerprint density at radius 2 is 1.76 bits per heavy atom. The summed E-state index contributed by atoms with van der Waals surface area (Å²) in [6, 6.07) is 6.25. The molecule has 1 N–H and O–H groups in total.